The van der Waals surface area contributed by atoms with Crippen molar-refractivity contribution in [1.82, 2.24) is 24.6 Å². The van der Waals surface area contributed by atoms with Crippen molar-refractivity contribution in [1.29, 1.82) is 0 Å². The normalized spacial score (nSPS) is 18.8. The lowest BCUT2D eigenvalue weighted by Gasteiger charge is -2.34. The van der Waals surface area contributed by atoms with Crippen LogP contribution in [0.4, 0.5) is 25.1 Å². The molecule has 0 aliphatic carbocycles. The maximum absolute atomic E-state index is 15.4. The van der Waals surface area contributed by atoms with E-state index in [1.54, 1.807) is 41.1 Å². The van der Waals surface area contributed by atoms with Crippen molar-refractivity contribution in [2.24, 2.45) is 11.8 Å². The van der Waals surface area contributed by atoms with Crippen LogP contribution in [0.3, 0.4) is 0 Å². The number of rotatable bonds is 11. The second-order valence-corrected chi connectivity index (χ2v) is 16.5. The zero-order valence-corrected chi connectivity index (χ0v) is 35.9. The average Bonchev–Trinajstić information content (AvgIpc) is 3.80. The van der Waals surface area contributed by atoms with Crippen molar-refractivity contribution in [2.75, 3.05) is 51.6 Å². The summed E-state index contributed by atoms with van der Waals surface area (Å²) in [5.41, 5.74) is 2.53. The fourth-order valence-corrected chi connectivity index (χ4v) is 7.93. The molecule has 2 aliphatic rings. The smallest absolute Gasteiger partial charge is 0.516 e. The number of benzene rings is 3. The van der Waals surface area contributed by atoms with Gasteiger partial charge in [-0.05, 0) is 107 Å². The minimum absolute atomic E-state index is 0. The maximum Gasteiger partial charge on any atom is 0.516 e. The van der Waals surface area contributed by atoms with E-state index in [4.69, 9.17) is 9.47 Å². The summed E-state index contributed by atoms with van der Waals surface area (Å²) in [5.74, 6) is -0.777. The molecule has 2 atom stereocenters. The largest absolute Gasteiger partial charge is 1.00 e. The zero-order chi connectivity index (χ0) is 40.3. The molecule has 2 aliphatic heterocycles. The summed E-state index contributed by atoms with van der Waals surface area (Å²) in [6, 6.07) is 17.1. The van der Waals surface area contributed by atoms with E-state index in [0.29, 0.717) is 63.4 Å². The number of hydrogen-bond donors (Lipinski definition) is 2. The third kappa shape index (κ3) is 9.78. The summed E-state index contributed by atoms with van der Waals surface area (Å²) >= 11 is 0. The molecule has 2 N–H and O–H groups in total. The van der Waals surface area contributed by atoms with Crippen LogP contribution < -0.4 is 39.3 Å². The van der Waals surface area contributed by atoms with Gasteiger partial charge < -0.3 is 49.0 Å². The number of ether oxygens (including phenoxy) is 2. The molecule has 5 aromatic rings. The number of carbonyl (C=O) groups excluding carboxylic acids is 2. The maximum atomic E-state index is 15.4. The summed E-state index contributed by atoms with van der Waals surface area (Å²) in [7, 11) is 1.99. The van der Waals surface area contributed by atoms with Gasteiger partial charge >= 0.3 is 6.09 Å². The Morgan fingerprint density at radius 1 is 0.966 bits per heavy atom. The van der Waals surface area contributed by atoms with Crippen LogP contribution in [0.5, 0.6) is 11.5 Å². The minimum Gasteiger partial charge on any atom is -1.00 e. The van der Waals surface area contributed by atoms with Crippen LogP contribution >= 0.6 is 0 Å². The average molecular weight is 908 g/mol. The highest BCUT2D eigenvalue weighted by molar-refractivity contribution is 5.96. The molecule has 2 aromatic heterocycles. The van der Waals surface area contributed by atoms with Gasteiger partial charge in [0.2, 0.25) is 5.82 Å². The molecule has 3 aromatic carbocycles. The molecule has 2 fully saturated rings. The predicted molar refractivity (Wildman–Crippen MR) is 216 cm³/mol. The number of piperidine rings is 1. The number of hydrogen-bond acceptors (Lipinski definition) is 8. The quantitative estimate of drug-likeness (QED) is 0.130. The number of nitrogens with zero attached hydrogens (tertiary/aromatic N) is 5. The standard InChI is InChI=1S/C44H51F2N7O4.HI/c1-6-31-24-32(50-40-41-48-26-36(52(41)22-19-47-40)35-14-15-37(39(46)38(35)45)56-33-10-8-7-9-11-33)12-13-34(31)42(54)49-25-29-16-20-51(21-17-29)27-30-18-23-53(5,28-30)43(55)57-44(2,3)4;/h7-15,19,22,24,26,29-30H,6,16-18,20-21,23,25,27-28H2,1-5H3,(H-,47,49,50,54);1H. The molecular weight excluding hydrogens is 855 g/mol. The van der Waals surface area contributed by atoms with Crippen LogP contribution in [0.15, 0.2) is 79.3 Å². The Hall–Kier alpha value is -4.67. The van der Waals surface area contributed by atoms with Gasteiger partial charge in [0, 0.05) is 54.6 Å². The first-order valence-electron chi connectivity index (χ1n) is 19.8. The second-order valence-electron chi connectivity index (χ2n) is 16.5. The van der Waals surface area contributed by atoms with Gasteiger partial charge in [0.15, 0.2) is 23.0 Å². The van der Waals surface area contributed by atoms with E-state index in [1.807, 2.05) is 59.0 Å². The van der Waals surface area contributed by atoms with Crippen LogP contribution in [-0.4, -0.2) is 87.7 Å². The highest BCUT2D eigenvalue weighted by Crippen LogP contribution is 2.34. The van der Waals surface area contributed by atoms with Crippen molar-refractivity contribution >= 4 is 29.2 Å². The molecular formula is C44H52F2IN7O4. The molecule has 58 heavy (non-hydrogen) atoms. The van der Waals surface area contributed by atoms with E-state index in [9.17, 15) is 9.59 Å². The van der Waals surface area contributed by atoms with E-state index in [0.717, 1.165) is 57.5 Å². The first-order chi connectivity index (χ1) is 27.3. The van der Waals surface area contributed by atoms with Crippen LogP contribution in [0.1, 0.15) is 62.9 Å². The van der Waals surface area contributed by atoms with Crippen LogP contribution in [0.25, 0.3) is 16.9 Å². The van der Waals surface area contributed by atoms with E-state index >= 15 is 8.78 Å². The number of aryl methyl sites for hydroxylation is 1. The first kappa shape index (κ1) is 42.9. The van der Waals surface area contributed by atoms with Gasteiger partial charge in [0.05, 0.1) is 32.0 Å². The number of nitrogens with one attached hydrogen (secondary N) is 2. The Bertz CT molecular complexity index is 2240. The summed E-state index contributed by atoms with van der Waals surface area (Å²) in [6.45, 7) is 12.9. The van der Waals surface area contributed by atoms with Gasteiger partial charge in [-0.2, -0.15) is 9.18 Å². The van der Waals surface area contributed by atoms with Gasteiger partial charge in [-0.1, -0.05) is 25.1 Å². The molecule has 0 radical (unpaired) electrons. The number of aromatic nitrogens is 3. The second kappa shape index (κ2) is 18.1. The molecule has 11 nitrogen and oxygen atoms in total. The molecule has 308 valence electrons. The number of amides is 2. The Morgan fingerprint density at radius 3 is 2.45 bits per heavy atom. The minimum atomic E-state index is -1.10. The number of carbonyl (C=O) groups is 2. The van der Waals surface area contributed by atoms with Crippen molar-refractivity contribution in [2.45, 2.75) is 59.0 Å². The molecule has 7 rings (SSSR count). The van der Waals surface area contributed by atoms with Crippen LogP contribution in [0, 0.1) is 23.5 Å². The fraction of sp³-hybridized carbons (Fsp3) is 0.409. The van der Waals surface area contributed by atoms with Gasteiger partial charge in [0.1, 0.15) is 11.4 Å². The first-order valence-corrected chi connectivity index (χ1v) is 19.8. The lowest BCUT2D eigenvalue weighted by Crippen LogP contribution is -3.00. The van der Waals surface area contributed by atoms with Crippen molar-refractivity contribution in [3.8, 4) is 22.8 Å². The van der Waals surface area contributed by atoms with Crippen molar-refractivity contribution in [3.05, 3.63) is 102 Å². The molecule has 2 amide bonds. The predicted octanol–water partition coefficient (Wildman–Crippen LogP) is 5.62. The highest BCUT2D eigenvalue weighted by Gasteiger charge is 2.44. The van der Waals surface area contributed by atoms with Crippen LogP contribution in [-0.2, 0) is 11.2 Å². The topological polar surface area (TPSA) is 110 Å². The molecule has 2 unspecified atom stereocenters. The van der Waals surface area contributed by atoms with Gasteiger partial charge in [0.25, 0.3) is 5.91 Å². The van der Waals surface area contributed by atoms with Crippen molar-refractivity contribution in [3.63, 3.8) is 0 Å². The van der Waals surface area contributed by atoms with Gasteiger partial charge in [-0.3, -0.25) is 9.20 Å². The molecule has 0 bridgehead atoms. The number of likely N-dealkylation sites (tertiary alicyclic amines) is 2. The van der Waals surface area contributed by atoms with E-state index in [1.165, 1.54) is 18.3 Å². The number of quaternary nitrogens is 1. The molecule has 0 saturated carbocycles. The molecule has 14 heteroatoms. The SMILES string of the molecule is CCc1cc(Nc2nccn3c(-c4ccc(Oc5ccccc5)c(F)c4F)cnc23)ccc1C(=O)NCC1CCN(CC2CC[N+](C)(C(=O)OC(C)(C)C)C2)CC1.[I-]. The highest BCUT2D eigenvalue weighted by atomic mass is 127. The lowest BCUT2D eigenvalue weighted by molar-refractivity contribution is -0.827. The fourth-order valence-electron chi connectivity index (χ4n) is 7.93. The Kier molecular flexibility index (Phi) is 13.4. The number of anilines is 2. The lowest BCUT2D eigenvalue weighted by atomic mass is 9.95. The molecule has 4 heterocycles. The zero-order valence-electron chi connectivity index (χ0n) is 33.7. The van der Waals surface area contributed by atoms with Crippen molar-refractivity contribution < 1.29 is 56.3 Å². The van der Waals surface area contributed by atoms with Crippen LogP contribution in [0.2, 0.25) is 0 Å². The molecule has 2 saturated heterocycles. The third-order valence-corrected chi connectivity index (χ3v) is 11.0. The number of fused-ring (bicyclic) bond motifs is 1. The third-order valence-electron chi connectivity index (χ3n) is 11.0. The van der Waals surface area contributed by atoms with E-state index < -0.39 is 17.2 Å². The van der Waals surface area contributed by atoms with Gasteiger partial charge in [-0.25, -0.2) is 18.8 Å². The Balaban J connectivity index is 0.00000567. The monoisotopic (exact) mass is 907 g/mol. The summed E-state index contributed by atoms with van der Waals surface area (Å²) in [4.78, 5) is 37.8. The summed E-state index contributed by atoms with van der Waals surface area (Å²) in [5, 5.41) is 6.49. The van der Waals surface area contributed by atoms with E-state index in [2.05, 4.69) is 25.5 Å². The van der Waals surface area contributed by atoms with Gasteiger partial charge in [-0.15, -0.1) is 0 Å². The molecule has 0 spiro atoms. The summed E-state index contributed by atoms with van der Waals surface area (Å²) < 4.78 is 43.9. The number of imidazole rings is 1. The summed E-state index contributed by atoms with van der Waals surface area (Å²) in [6.07, 6.45) is 8.22. The Labute approximate surface area is 355 Å². The Morgan fingerprint density at radius 2 is 1.72 bits per heavy atom. The van der Waals surface area contributed by atoms with E-state index in [-0.39, 0.29) is 47.3 Å². The number of para-hydroxylation sites is 1. The number of halogens is 3.